The largest absolute Gasteiger partial charge is 0.396 e. The molecule has 5 atom stereocenters. The van der Waals surface area contributed by atoms with Gasteiger partial charge in [0.1, 0.15) is 0 Å². The molecule has 190 valence electrons. The van der Waals surface area contributed by atoms with Crippen LogP contribution in [0.3, 0.4) is 0 Å². The zero-order valence-corrected chi connectivity index (χ0v) is 21.9. The summed E-state index contributed by atoms with van der Waals surface area (Å²) in [6.07, 6.45) is 10.1. The molecule has 1 aromatic rings. The molecule has 35 heavy (non-hydrogen) atoms. The van der Waals surface area contributed by atoms with Crippen molar-refractivity contribution in [3.8, 4) is 0 Å². The average Bonchev–Trinajstić information content (AvgIpc) is 3.14. The maximum atomic E-state index is 12.3. The molecular weight excluding hydrogens is 436 g/mol. The maximum absolute atomic E-state index is 12.3. The molecule has 1 aromatic carbocycles. The van der Waals surface area contributed by atoms with Crippen LogP contribution in [0.4, 0.5) is 5.69 Å². The van der Waals surface area contributed by atoms with Crippen LogP contribution in [-0.2, 0) is 4.79 Å². The Hall–Kier alpha value is -1.95. The van der Waals surface area contributed by atoms with Gasteiger partial charge in [-0.25, -0.2) is 0 Å². The minimum atomic E-state index is -0.322. The van der Waals surface area contributed by atoms with Crippen molar-refractivity contribution in [1.82, 2.24) is 5.06 Å². The van der Waals surface area contributed by atoms with Crippen LogP contribution in [0.5, 0.6) is 0 Å². The van der Waals surface area contributed by atoms with E-state index in [1.54, 1.807) is 5.57 Å². The summed E-state index contributed by atoms with van der Waals surface area (Å²) in [5, 5.41) is 22.3. The summed E-state index contributed by atoms with van der Waals surface area (Å²) >= 11 is 0. The van der Waals surface area contributed by atoms with Crippen molar-refractivity contribution in [2.75, 3.05) is 32.6 Å². The normalized spacial score (nSPS) is 34.4. The third-order valence-corrected chi connectivity index (χ3v) is 10.2. The lowest BCUT2D eigenvalue weighted by molar-refractivity contribution is -0.204. The van der Waals surface area contributed by atoms with Crippen molar-refractivity contribution >= 4 is 11.5 Å². The molecule has 0 amide bonds. The molecule has 0 spiro atoms. The fourth-order valence-corrected chi connectivity index (χ4v) is 8.53. The maximum Gasteiger partial charge on any atom is 0.156 e. The molecule has 5 nitrogen and oxygen atoms in total. The van der Waals surface area contributed by atoms with Gasteiger partial charge in [-0.05, 0) is 104 Å². The Morgan fingerprint density at radius 1 is 1.06 bits per heavy atom. The van der Waals surface area contributed by atoms with Crippen LogP contribution in [0, 0.1) is 17.3 Å². The number of carbonyl (C=O) groups is 1. The zero-order valence-electron chi connectivity index (χ0n) is 21.9. The number of fused-ring (bicyclic) bond motifs is 4. The second kappa shape index (κ2) is 9.17. The van der Waals surface area contributed by atoms with E-state index in [0.29, 0.717) is 24.7 Å². The van der Waals surface area contributed by atoms with Crippen molar-refractivity contribution in [3.05, 3.63) is 52.6 Å². The van der Waals surface area contributed by atoms with E-state index in [1.807, 2.05) is 13.1 Å². The summed E-state index contributed by atoms with van der Waals surface area (Å²) in [5.74, 6) is 1.57. The number of carbonyl (C=O) groups excluding carboxylic acids is 1. The second-order valence-corrected chi connectivity index (χ2v) is 11.9. The van der Waals surface area contributed by atoms with Gasteiger partial charge < -0.3 is 15.2 Å². The highest BCUT2D eigenvalue weighted by molar-refractivity contribution is 5.93. The number of hydrogen-bond donors (Lipinski definition) is 2. The highest BCUT2D eigenvalue weighted by atomic mass is 16.5. The van der Waals surface area contributed by atoms with Crippen LogP contribution in [-0.4, -0.2) is 54.4 Å². The number of anilines is 1. The van der Waals surface area contributed by atoms with Gasteiger partial charge in [-0.1, -0.05) is 24.6 Å². The van der Waals surface area contributed by atoms with Crippen LogP contribution in [0.25, 0.3) is 0 Å². The predicted octanol–water partition coefficient (Wildman–Crippen LogP) is 5.48. The molecular formula is C30H42N2O3. The van der Waals surface area contributed by atoms with Gasteiger partial charge in [-0.3, -0.25) is 4.79 Å². The third kappa shape index (κ3) is 3.82. The van der Waals surface area contributed by atoms with Gasteiger partial charge >= 0.3 is 0 Å². The van der Waals surface area contributed by atoms with Gasteiger partial charge in [0.2, 0.25) is 0 Å². The van der Waals surface area contributed by atoms with E-state index < -0.39 is 0 Å². The summed E-state index contributed by atoms with van der Waals surface area (Å²) in [4.78, 5) is 14.4. The lowest BCUT2D eigenvalue weighted by atomic mass is 9.50. The fourth-order valence-electron chi connectivity index (χ4n) is 8.53. The molecule has 5 heteroatoms. The average molecular weight is 479 g/mol. The van der Waals surface area contributed by atoms with Gasteiger partial charge in [0.15, 0.2) is 5.78 Å². The molecule has 2 fully saturated rings. The molecule has 0 bridgehead atoms. The zero-order chi connectivity index (χ0) is 25.0. The van der Waals surface area contributed by atoms with Crippen LogP contribution in [0.2, 0.25) is 0 Å². The first-order valence-electron chi connectivity index (χ1n) is 13.5. The number of benzene rings is 1. The number of ketones is 1. The SMILES string of the molecule is CN(C)c1ccc([C@H]2C[C@@]3(C)[C@@H](CC[C@]3(CCCO)N(C)O)[C@@H]3CCC4=CC(=O)CCC4=C32)cc1. The van der Waals surface area contributed by atoms with Gasteiger partial charge in [-0.15, -0.1) is 0 Å². The Morgan fingerprint density at radius 3 is 2.46 bits per heavy atom. The molecule has 5 rings (SSSR count). The van der Waals surface area contributed by atoms with E-state index in [-0.39, 0.29) is 29.3 Å². The van der Waals surface area contributed by atoms with Crippen LogP contribution in [0.15, 0.2) is 47.1 Å². The molecule has 4 aliphatic carbocycles. The molecule has 0 aromatic heterocycles. The monoisotopic (exact) mass is 478 g/mol. The molecule has 2 N–H and O–H groups in total. The Balaban J connectivity index is 1.65. The van der Waals surface area contributed by atoms with E-state index in [9.17, 15) is 15.1 Å². The van der Waals surface area contributed by atoms with Gasteiger partial charge in [0, 0.05) is 45.8 Å². The first kappa shape index (κ1) is 24.7. The minimum absolute atomic E-state index is 0.0585. The number of rotatable bonds is 6. The van der Waals surface area contributed by atoms with Gasteiger partial charge in [0.25, 0.3) is 0 Å². The summed E-state index contributed by atoms with van der Waals surface area (Å²) in [6.45, 7) is 2.58. The number of hydroxylamine groups is 2. The third-order valence-electron chi connectivity index (χ3n) is 10.2. The molecule has 2 saturated carbocycles. The van der Waals surface area contributed by atoms with Crippen molar-refractivity contribution < 1.29 is 15.1 Å². The van der Waals surface area contributed by atoms with E-state index in [0.717, 1.165) is 44.9 Å². The van der Waals surface area contributed by atoms with Crippen molar-refractivity contribution in [3.63, 3.8) is 0 Å². The smallest absolute Gasteiger partial charge is 0.156 e. The summed E-state index contributed by atoms with van der Waals surface area (Å²) in [6, 6.07) is 9.04. The topological polar surface area (TPSA) is 64.0 Å². The lowest BCUT2D eigenvalue weighted by Crippen LogP contribution is -2.58. The number of allylic oxidation sites excluding steroid dienone is 4. The summed E-state index contributed by atoms with van der Waals surface area (Å²) < 4.78 is 0. The lowest BCUT2D eigenvalue weighted by Gasteiger charge is -2.57. The molecule has 0 heterocycles. The highest BCUT2D eigenvalue weighted by Crippen LogP contribution is 2.68. The van der Waals surface area contributed by atoms with Crippen molar-refractivity contribution in [2.45, 2.75) is 76.2 Å². The number of hydrogen-bond acceptors (Lipinski definition) is 5. The van der Waals surface area contributed by atoms with Gasteiger partial charge in [-0.2, -0.15) is 5.06 Å². The van der Waals surface area contributed by atoms with E-state index >= 15 is 0 Å². The quantitative estimate of drug-likeness (QED) is 0.530. The highest BCUT2D eigenvalue weighted by Gasteiger charge is 2.64. The van der Waals surface area contributed by atoms with E-state index in [2.05, 4.69) is 50.2 Å². The fraction of sp³-hybridized carbons (Fsp3) is 0.633. The van der Waals surface area contributed by atoms with E-state index in [4.69, 9.17) is 0 Å². The Morgan fingerprint density at radius 2 is 1.80 bits per heavy atom. The summed E-state index contributed by atoms with van der Waals surface area (Å²) in [7, 11) is 5.98. The first-order valence-corrected chi connectivity index (χ1v) is 13.5. The number of nitrogens with zero attached hydrogens (tertiary/aromatic N) is 2. The first-order chi connectivity index (χ1) is 16.7. The predicted molar refractivity (Wildman–Crippen MR) is 140 cm³/mol. The Kier molecular flexibility index (Phi) is 6.48. The summed E-state index contributed by atoms with van der Waals surface area (Å²) in [5.41, 5.74) is 6.51. The van der Waals surface area contributed by atoms with Crippen LogP contribution >= 0.6 is 0 Å². The van der Waals surface area contributed by atoms with Crippen molar-refractivity contribution in [1.29, 1.82) is 0 Å². The number of aliphatic hydroxyl groups excluding tert-OH is 1. The standard InChI is InChI=1S/C30H42N2O3/c1-29-19-26(20-6-9-22(10-7-20)31(2)3)28-24-13-11-23(34)18-21(24)8-12-25(28)27(29)14-16-30(29,32(4)35)15-5-17-33/h6-7,9-10,18,25-27,33,35H,5,8,11-17,19H2,1-4H3/t25-,26+,27-,29-,30-/m0/s1. The Bertz CT molecular complexity index is 1040. The molecule has 4 aliphatic rings. The molecule has 0 unspecified atom stereocenters. The van der Waals surface area contributed by atoms with Crippen molar-refractivity contribution in [2.24, 2.45) is 17.3 Å². The van der Waals surface area contributed by atoms with Crippen LogP contribution < -0.4 is 4.90 Å². The van der Waals surface area contributed by atoms with Crippen LogP contribution in [0.1, 0.15) is 76.2 Å². The molecule has 0 aliphatic heterocycles. The van der Waals surface area contributed by atoms with Gasteiger partial charge in [0.05, 0.1) is 5.54 Å². The minimum Gasteiger partial charge on any atom is -0.396 e. The number of aliphatic hydroxyl groups is 1. The van der Waals surface area contributed by atoms with E-state index in [1.165, 1.54) is 27.5 Å². The Labute approximate surface area is 210 Å². The molecule has 0 radical (unpaired) electrons. The molecule has 0 saturated heterocycles. The second-order valence-electron chi connectivity index (χ2n) is 11.9.